The van der Waals surface area contributed by atoms with Crippen molar-refractivity contribution in [3.8, 4) is 5.75 Å². The van der Waals surface area contributed by atoms with Crippen molar-refractivity contribution < 1.29 is 24.2 Å². The molecule has 0 saturated carbocycles. The molecule has 0 unspecified atom stereocenters. The molecule has 122 valence electrons. The molecule has 0 aliphatic rings. The number of aliphatic carboxylic acids is 1. The van der Waals surface area contributed by atoms with E-state index in [4.69, 9.17) is 20.3 Å². The van der Waals surface area contributed by atoms with Crippen LogP contribution in [0.25, 0.3) is 0 Å². The minimum absolute atomic E-state index is 0.262. The van der Waals surface area contributed by atoms with Crippen LogP contribution in [0.2, 0.25) is 0 Å². The van der Waals surface area contributed by atoms with Gasteiger partial charge in [0.05, 0.1) is 5.69 Å². The fourth-order valence-corrected chi connectivity index (χ4v) is 1.58. The van der Waals surface area contributed by atoms with Gasteiger partial charge in [-0.2, -0.15) is 0 Å². The number of ether oxygens (including phenoxy) is 2. The molecule has 1 atom stereocenters. The Hall–Kier alpha value is -2.44. The third-order valence-corrected chi connectivity index (χ3v) is 2.68. The van der Waals surface area contributed by atoms with E-state index >= 15 is 0 Å². The summed E-state index contributed by atoms with van der Waals surface area (Å²) in [6, 6.07) is 3.96. The lowest BCUT2D eigenvalue weighted by Gasteiger charge is -2.22. The number of nitrogens with one attached hydrogen (secondary N) is 1. The highest BCUT2D eigenvalue weighted by atomic mass is 16.6. The summed E-state index contributed by atoms with van der Waals surface area (Å²) in [5, 5.41) is 11.4. The van der Waals surface area contributed by atoms with Gasteiger partial charge in [0.1, 0.15) is 18.0 Å². The van der Waals surface area contributed by atoms with Crippen LogP contribution in [0.15, 0.2) is 18.2 Å². The number of nitrogen functional groups attached to an aromatic ring is 1. The van der Waals surface area contributed by atoms with Gasteiger partial charge < -0.3 is 25.6 Å². The number of carboxylic acids is 1. The lowest BCUT2D eigenvalue weighted by Crippen LogP contribution is -2.46. The Bertz CT molecular complexity index is 551. The number of carbonyl (C=O) groups excluding carboxylic acids is 1. The van der Waals surface area contributed by atoms with Crippen LogP contribution in [0.4, 0.5) is 10.5 Å². The normalized spacial score (nSPS) is 12.4. The van der Waals surface area contributed by atoms with Crippen LogP contribution in [0.5, 0.6) is 5.75 Å². The Kier molecular flexibility index (Phi) is 5.62. The highest BCUT2D eigenvalue weighted by Gasteiger charge is 2.24. The maximum absolute atomic E-state index is 11.6. The molecule has 7 nitrogen and oxygen atoms in total. The number of para-hydroxylation sites is 1. The van der Waals surface area contributed by atoms with Crippen molar-refractivity contribution in [3.63, 3.8) is 0 Å². The van der Waals surface area contributed by atoms with Crippen LogP contribution in [0, 0.1) is 6.92 Å². The number of alkyl carbamates (subject to hydrolysis) is 1. The van der Waals surface area contributed by atoms with Crippen molar-refractivity contribution in [2.24, 2.45) is 0 Å². The standard InChI is InChI=1S/C15H22N2O5/c1-9-6-5-7-11(12(9)16)21-8-10(13(18)19)17-14(20)22-15(2,3)4/h5-7,10H,8,16H2,1-4H3,(H,17,20)(H,18,19)/t10-/m0/s1. The van der Waals surface area contributed by atoms with Crippen molar-refractivity contribution in [2.45, 2.75) is 39.3 Å². The zero-order chi connectivity index (χ0) is 16.9. The molecule has 0 spiro atoms. The molecule has 1 aromatic carbocycles. The molecule has 7 heteroatoms. The minimum atomic E-state index is -1.24. The second-order valence-corrected chi connectivity index (χ2v) is 5.83. The largest absolute Gasteiger partial charge is 0.489 e. The number of aryl methyl sites for hydroxylation is 1. The van der Waals surface area contributed by atoms with E-state index in [9.17, 15) is 9.59 Å². The summed E-state index contributed by atoms with van der Waals surface area (Å²) in [5.41, 5.74) is 6.39. The molecule has 1 amide bonds. The lowest BCUT2D eigenvalue weighted by atomic mass is 10.2. The summed E-state index contributed by atoms with van der Waals surface area (Å²) in [5.74, 6) is -0.852. The predicted octanol–water partition coefficient (Wildman–Crippen LogP) is 1.93. The fraction of sp³-hybridized carbons (Fsp3) is 0.467. The van der Waals surface area contributed by atoms with Gasteiger partial charge in [-0.15, -0.1) is 0 Å². The van der Waals surface area contributed by atoms with Crippen LogP contribution < -0.4 is 15.8 Å². The third-order valence-electron chi connectivity index (χ3n) is 2.68. The second-order valence-electron chi connectivity index (χ2n) is 5.83. The number of benzene rings is 1. The Morgan fingerprint density at radius 2 is 2.00 bits per heavy atom. The number of carboxylic acid groups (broad SMARTS) is 1. The quantitative estimate of drug-likeness (QED) is 0.717. The topological polar surface area (TPSA) is 111 Å². The maximum atomic E-state index is 11.6. The van der Waals surface area contributed by atoms with Crippen LogP contribution >= 0.6 is 0 Å². The molecule has 0 aliphatic heterocycles. The number of anilines is 1. The van der Waals surface area contributed by atoms with E-state index in [-0.39, 0.29) is 6.61 Å². The molecular formula is C15H22N2O5. The monoisotopic (exact) mass is 310 g/mol. The first-order chi connectivity index (χ1) is 10.1. The molecule has 1 aromatic rings. The van der Waals surface area contributed by atoms with Crippen molar-refractivity contribution in [2.75, 3.05) is 12.3 Å². The molecule has 0 heterocycles. The number of rotatable bonds is 5. The van der Waals surface area contributed by atoms with E-state index in [2.05, 4.69) is 5.32 Å². The highest BCUT2D eigenvalue weighted by molar-refractivity contribution is 5.80. The van der Waals surface area contributed by atoms with E-state index < -0.39 is 23.7 Å². The number of hydrogen-bond donors (Lipinski definition) is 3. The van der Waals surface area contributed by atoms with Gasteiger partial charge in [-0.1, -0.05) is 12.1 Å². The summed E-state index contributed by atoms with van der Waals surface area (Å²) >= 11 is 0. The van der Waals surface area contributed by atoms with E-state index in [0.717, 1.165) is 5.56 Å². The van der Waals surface area contributed by atoms with Crippen molar-refractivity contribution in [1.82, 2.24) is 5.32 Å². The molecule has 0 aromatic heterocycles. The minimum Gasteiger partial charge on any atom is -0.489 e. The number of carbonyl (C=O) groups is 2. The van der Waals surface area contributed by atoms with Crippen molar-refractivity contribution in [1.29, 1.82) is 0 Å². The average molecular weight is 310 g/mol. The average Bonchev–Trinajstić information content (AvgIpc) is 2.36. The maximum Gasteiger partial charge on any atom is 0.408 e. The second kappa shape index (κ2) is 7.02. The number of hydrogen-bond acceptors (Lipinski definition) is 5. The van der Waals surface area contributed by atoms with E-state index in [1.54, 1.807) is 32.9 Å². The molecule has 0 radical (unpaired) electrons. The molecule has 0 aliphatic carbocycles. The SMILES string of the molecule is Cc1cccc(OC[C@H](NC(=O)OC(C)(C)C)C(=O)O)c1N. The zero-order valence-corrected chi connectivity index (χ0v) is 13.2. The molecule has 1 rings (SSSR count). The van der Waals surface area contributed by atoms with Crippen LogP contribution in [-0.4, -0.2) is 35.4 Å². The van der Waals surface area contributed by atoms with Crippen molar-refractivity contribution >= 4 is 17.7 Å². The van der Waals surface area contributed by atoms with Crippen LogP contribution in [0.1, 0.15) is 26.3 Å². The Balaban J connectivity index is 2.67. The van der Waals surface area contributed by atoms with Gasteiger partial charge in [-0.25, -0.2) is 9.59 Å². The van der Waals surface area contributed by atoms with E-state index in [1.807, 2.05) is 13.0 Å². The molecule has 0 fully saturated rings. The highest BCUT2D eigenvalue weighted by Crippen LogP contribution is 2.24. The predicted molar refractivity (Wildman–Crippen MR) is 81.9 cm³/mol. The van der Waals surface area contributed by atoms with Gasteiger partial charge in [-0.05, 0) is 39.3 Å². The third kappa shape index (κ3) is 5.51. The smallest absolute Gasteiger partial charge is 0.408 e. The van der Waals surface area contributed by atoms with Gasteiger partial charge in [0.15, 0.2) is 6.04 Å². The van der Waals surface area contributed by atoms with Gasteiger partial charge in [0.25, 0.3) is 0 Å². The first-order valence-electron chi connectivity index (χ1n) is 6.80. The Morgan fingerprint density at radius 1 is 1.36 bits per heavy atom. The lowest BCUT2D eigenvalue weighted by molar-refractivity contribution is -0.140. The Morgan fingerprint density at radius 3 is 2.55 bits per heavy atom. The Labute approximate surface area is 129 Å². The zero-order valence-electron chi connectivity index (χ0n) is 13.2. The van der Waals surface area contributed by atoms with Gasteiger partial charge >= 0.3 is 12.1 Å². The molecule has 22 heavy (non-hydrogen) atoms. The molecule has 0 saturated heterocycles. The van der Waals surface area contributed by atoms with Crippen LogP contribution in [0.3, 0.4) is 0 Å². The summed E-state index contributed by atoms with van der Waals surface area (Å²) in [4.78, 5) is 22.8. The number of amides is 1. The van der Waals surface area contributed by atoms with E-state index in [0.29, 0.717) is 11.4 Å². The summed E-state index contributed by atoms with van der Waals surface area (Å²) in [7, 11) is 0. The molecule has 0 bridgehead atoms. The first kappa shape index (κ1) is 17.6. The summed E-state index contributed by atoms with van der Waals surface area (Å²) < 4.78 is 10.4. The number of nitrogens with two attached hydrogens (primary N) is 1. The van der Waals surface area contributed by atoms with Crippen molar-refractivity contribution in [3.05, 3.63) is 23.8 Å². The summed E-state index contributed by atoms with van der Waals surface area (Å²) in [6.07, 6.45) is -0.819. The fourth-order valence-electron chi connectivity index (χ4n) is 1.58. The molecular weight excluding hydrogens is 288 g/mol. The van der Waals surface area contributed by atoms with E-state index in [1.165, 1.54) is 0 Å². The van der Waals surface area contributed by atoms with Gasteiger partial charge in [0.2, 0.25) is 0 Å². The first-order valence-corrected chi connectivity index (χ1v) is 6.80. The van der Waals surface area contributed by atoms with Crippen LogP contribution in [-0.2, 0) is 9.53 Å². The van der Waals surface area contributed by atoms with Gasteiger partial charge in [0, 0.05) is 0 Å². The summed E-state index contributed by atoms with van der Waals surface area (Å²) in [6.45, 7) is 6.61. The molecule has 4 N–H and O–H groups in total. The van der Waals surface area contributed by atoms with Gasteiger partial charge in [-0.3, -0.25) is 0 Å².